The second-order valence-electron chi connectivity index (χ2n) is 7.10. The predicted molar refractivity (Wildman–Crippen MR) is 101 cm³/mol. The third kappa shape index (κ3) is 3.60. The molecular weight excluding hydrogens is 360 g/mol. The van der Waals surface area contributed by atoms with Gasteiger partial charge in [-0.15, -0.1) is 0 Å². The first kappa shape index (κ1) is 18.2. The van der Waals surface area contributed by atoms with Gasteiger partial charge >= 0.3 is 6.03 Å². The Morgan fingerprint density at radius 2 is 1.89 bits per heavy atom. The van der Waals surface area contributed by atoms with E-state index in [1.165, 1.54) is 4.90 Å². The summed E-state index contributed by atoms with van der Waals surface area (Å²) in [5, 5.41) is 2.83. The first-order valence-electron chi connectivity index (χ1n) is 9.26. The number of para-hydroxylation sites is 1. The van der Waals surface area contributed by atoms with Crippen molar-refractivity contribution in [1.29, 1.82) is 0 Å². The van der Waals surface area contributed by atoms with Gasteiger partial charge in [-0.25, -0.2) is 4.79 Å². The molecule has 2 aromatic carbocycles. The number of benzene rings is 2. The Kier molecular flexibility index (Phi) is 4.81. The summed E-state index contributed by atoms with van der Waals surface area (Å²) >= 11 is 0. The maximum atomic E-state index is 12.9. The molecule has 0 saturated carbocycles. The molecule has 1 fully saturated rings. The Morgan fingerprint density at radius 1 is 1.11 bits per heavy atom. The van der Waals surface area contributed by atoms with Crippen LogP contribution in [0.25, 0.3) is 0 Å². The van der Waals surface area contributed by atoms with Crippen molar-refractivity contribution in [3.63, 3.8) is 0 Å². The number of carbonyl (C=O) groups is 2. The highest BCUT2D eigenvalue weighted by Crippen LogP contribution is 2.34. The molecule has 1 N–H and O–H groups in total. The summed E-state index contributed by atoms with van der Waals surface area (Å²) in [5.41, 5.74) is -0.0832. The van der Waals surface area contributed by atoms with Crippen LogP contribution in [0.4, 0.5) is 4.79 Å². The van der Waals surface area contributed by atoms with Crippen molar-refractivity contribution in [3.05, 3.63) is 54.1 Å². The van der Waals surface area contributed by atoms with Gasteiger partial charge < -0.3 is 19.5 Å². The van der Waals surface area contributed by atoms with Gasteiger partial charge in [-0.05, 0) is 43.2 Å². The van der Waals surface area contributed by atoms with E-state index in [-0.39, 0.29) is 18.7 Å². The molecule has 2 aliphatic rings. The average molecular weight is 382 g/mol. The number of hydrogen-bond acceptors (Lipinski definition) is 5. The average Bonchev–Trinajstić information content (AvgIpc) is 3.23. The monoisotopic (exact) mass is 382 g/mol. The zero-order chi connectivity index (χ0) is 19.6. The Balaban J connectivity index is 1.34. The van der Waals surface area contributed by atoms with Gasteiger partial charge in [0.05, 0.1) is 6.61 Å². The number of imide groups is 1. The van der Waals surface area contributed by atoms with Crippen LogP contribution >= 0.6 is 0 Å². The second-order valence-corrected chi connectivity index (χ2v) is 7.10. The predicted octanol–water partition coefficient (Wildman–Crippen LogP) is 2.74. The molecule has 7 nitrogen and oxygen atoms in total. The molecule has 0 radical (unpaired) electrons. The summed E-state index contributed by atoms with van der Waals surface area (Å²) in [5.74, 6) is 1.89. The zero-order valence-electron chi connectivity index (χ0n) is 15.6. The number of nitrogens with one attached hydrogen (secondary N) is 1. The van der Waals surface area contributed by atoms with E-state index in [2.05, 4.69) is 5.32 Å². The summed E-state index contributed by atoms with van der Waals surface area (Å²) in [4.78, 5) is 26.5. The molecule has 0 unspecified atom stereocenters. The number of urea groups is 1. The van der Waals surface area contributed by atoms with Crippen molar-refractivity contribution in [2.75, 3.05) is 19.9 Å². The molecule has 2 heterocycles. The molecule has 7 heteroatoms. The molecule has 2 aromatic rings. The van der Waals surface area contributed by atoms with E-state index >= 15 is 0 Å². The number of amides is 3. The van der Waals surface area contributed by atoms with Gasteiger partial charge in [0.25, 0.3) is 5.91 Å². The zero-order valence-corrected chi connectivity index (χ0v) is 15.6. The van der Waals surface area contributed by atoms with Gasteiger partial charge in [0.1, 0.15) is 11.3 Å². The highest BCUT2D eigenvalue weighted by Gasteiger charge is 2.47. The van der Waals surface area contributed by atoms with Gasteiger partial charge in [0.2, 0.25) is 6.79 Å². The van der Waals surface area contributed by atoms with Crippen LogP contribution in [-0.2, 0) is 11.2 Å². The van der Waals surface area contributed by atoms with Crippen molar-refractivity contribution in [2.24, 2.45) is 0 Å². The minimum Gasteiger partial charge on any atom is -0.494 e. The number of ether oxygens (including phenoxy) is 3. The molecule has 2 aliphatic heterocycles. The summed E-state index contributed by atoms with van der Waals surface area (Å²) < 4.78 is 16.3. The summed E-state index contributed by atoms with van der Waals surface area (Å²) in [6.07, 6.45) is 0.944. The van der Waals surface area contributed by atoms with E-state index < -0.39 is 5.54 Å². The molecule has 0 bridgehead atoms. The number of rotatable bonds is 7. The Bertz CT molecular complexity index is 886. The second kappa shape index (κ2) is 7.42. The third-order valence-electron chi connectivity index (χ3n) is 4.88. The highest BCUT2D eigenvalue weighted by molar-refractivity contribution is 6.06. The molecule has 0 aliphatic carbocycles. The summed E-state index contributed by atoms with van der Waals surface area (Å²) in [6.45, 7) is 2.69. The lowest BCUT2D eigenvalue weighted by molar-refractivity contribution is -0.130. The van der Waals surface area contributed by atoms with Gasteiger partial charge in [0.15, 0.2) is 11.5 Å². The van der Waals surface area contributed by atoms with Crippen LogP contribution < -0.4 is 19.5 Å². The van der Waals surface area contributed by atoms with Gasteiger partial charge in [-0.1, -0.05) is 24.3 Å². The van der Waals surface area contributed by atoms with Crippen molar-refractivity contribution < 1.29 is 23.8 Å². The molecule has 4 rings (SSSR count). The number of carbonyl (C=O) groups excluding carboxylic acids is 2. The van der Waals surface area contributed by atoms with Gasteiger partial charge in [0, 0.05) is 13.0 Å². The molecule has 146 valence electrons. The molecule has 0 aromatic heterocycles. The van der Waals surface area contributed by atoms with Crippen molar-refractivity contribution in [3.8, 4) is 17.2 Å². The largest absolute Gasteiger partial charge is 0.494 e. The van der Waals surface area contributed by atoms with E-state index in [9.17, 15) is 9.59 Å². The number of fused-ring (bicyclic) bond motifs is 1. The maximum Gasteiger partial charge on any atom is 0.325 e. The first-order valence-corrected chi connectivity index (χ1v) is 9.26. The molecular formula is C21H22N2O5. The number of hydrogen-bond donors (Lipinski definition) is 1. The third-order valence-corrected chi connectivity index (χ3v) is 4.88. The fourth-order valence-corrected chi connectivity index (χ4v) is 3.46. The molecule has 0 spiro atoms. The van der Waals surface area contributed by atoms with E-state index in [4.69, 9.17) is 14.2 Å². The summed E-state index contributed by atoms with van der Waals surface area (Å²) in [6, 6.07) is 14.6. The maximum absolute atomic E-state index is 12.9. The minimum atomic E-state index is -0.981. The normalized spacial score (nSPS) is 20.4. The van der Waals surface area contributed by atoms with Crippen LogP contribution in [0, 0.1) is 0 Å². The van der Waals surface area contributed by atoms with Crippen LogP contribution in [0.5, 0.6) is 17.2 Å². The molecule has 3 amide bonds. The van der Waals surface area contributed by atoms with Gasteiger partial charge in [-0.2, -0.15) is 0 Å². The van der Waals surface area contributed by atoms with E-state index in [0.29, 0.717) is 37.5 Å². The molecule has 28 heavy (non-hydrogen) atoms. The van der Waals surface area contributed by atoms with Crippen LogP contribution in [-0.4, -0.2) is 42.3 Å². The fourth-order valence-electron chi connectivity index (χ4n) is 3.46. The van der Waals surface area contributed by atoms with Crippen molar-refractivity contribution >= 4 is 11.9 Å². The lowest BCUT2D eigenvalue weighted by atomic mass is 9.92. The van der Waals surface area contributed by atoms with E-state index in [0.717, 1.165) is 11.3 Å². The smallest absolute Gasteiger partial charge is 0.325 e. The Morgan fingerprint density at radius 3 is 2.71 bits per heavy atom. The quantitative estimate of drug-likeness (QED) is 0.589. The lowest BCUT2D eigenvalue weighted by Gasteiger charge is -2.22. The highest BCUT2D eigenvalue weighted by atomic mass is 16.7. The molecule has 1 atom stereocenters. The van der Waals surface area contributed by atoms with E-state index in [1.54, 1.807) is 6.92 Å². The molecule has 1 saturated heterocycles. The minimum absolute atomic E-state index is 0.199. The van der Waals surface area contributed by atoms with Crippen LogP contribution in [0.3, 0.4) is 0 Å². The topological polar surface area (TPSA) is 77.1 Å². The Hall–Kier alpha value is -3.22. The number of nitrogens with zero attached hydrogens (tertiary/aromatic N) is 1. The van der Waals surface area contributed by atoms with Gasteiger partial charge in [-0.3, -0.25) is 9.69 Å². The Labute approximate surface area is 163 Å². The standard InChI is InChI=1S/C21H22N2O5/c1-21(13-15-8-9-17-18(12-15)28-14-27-17)19(24)23(20(25)22-21)10-5-11-26-16-6-3-2-4-7-16/h2-4,6-9,12H,5,10-11,13-14H2,1H3,(H,22,25)/t21-/m1/s1. The van der Waals surface area contributed by atoms with Crippen LogP contribution in [0.2, 0.25) is 0 Å². The SMILES string of the molecule is C[C@]1(Cc2ccc3c(c2)OCO3)NC(=O)N(CCCOc2ccccc2)C1=O. The van der Waals surface area contributed by atoms with Crippen LogP contribution in [0.1, 0.15) is 18.9 Å². The first-order chi connectivity index (χ1) is 13.5. The van der Waals surface area contributed by atoms with Crippen molar-refractivity contribution in [2.45, 2.75) is 25.3 Å². The van der Waals surface area contributed by atoms with Crippen molar-refractivity contribution in [1.82, 2.24) is 10.2 Å². The lowest BCUT2D eigenvalue weighted by Crippen LogP contribution is -2.46. The van der Waals surface area contributed by atoms with E-state index in [1.807, 2.05) is 48.5 Å². The van der Waals surface area contributed by atoms with Crippen LogP contribution in [0.15, 0.2) is 48.5 Å². The fraction of sp³-hybridized carbons (Fsp3) is 0.333. The summed E-state index contributed by atoms with van der Waals surface area (Å²) in [7, 11) is 0.